The summed E-state index contributed by atoms with van der Waals surface area (Å²) in [5.41, 5.74) is 11.3. The van der Waals surface area contributed by atoms with Crippen LogP contribution in [0.2, 0.25) is 275 Å². The molecule has 0 unspecified atom stereocenters. The second kappa shape index (κ2) is 25.1. The van der Waals surface area contributed by atoms with Crippen LogP contribution in [0, 0.1) is 7.99 Å². The van der Waals surface area contributed by atoms with Gasteiger partial charge in [0, 0.05) is 0 Å². The molecule has 4 aromatic carbocycles. The molecule has 88 heavy (non-hydrogen) atoms. The monoisotopic (exact) mass is 1550 g/mol. The molecule has 0 spiro atoms. The first-order valence-electron chi connectivity index (χ1n) is 34.9. The topological polar surface area (TPSA) is 0 Å². The molecule has 16 heteroatoms. The average Bonchev–Trinajstić information content (AvgIpc) is 1.55. The fourth-order valence-corrected chi connectivity index (χ4v) is 156. The third-order valence-electron chi connectivity index (χ3n) is 21.6. The van der Waals surface area contributed by atoms with Gasteiger partial charge in [0.1, 0.15) is 0 Å². The van der Waals surface area contributed by atoms with E-state index in [-0.39, 0.29) is 8.57 Å². The van der Waals surface area contributed by atoms with Crippen molar-refractivity contribution in [1.29, 1.82) is 0 Å². The second-order valence-electron chi connectivity index (χ2n) is 43.6. The zero-order chi connectivity index (χ0) is 68.9. The average molecular weight is 1550 g/mol. The van der Waals surface area contributed by atoms with Gasteiger partial charge >= 0.3 is 577 Å². The zero-order valence-corrected chi connectivity index (χ0v) is 84.4. The minimum absolute atomic E-state index is 0.290. The second-order valence-corrected chi connectivity index (χ2v) is 133. The van der Waals surface area contributed by atoms with Crippen molar-refractivity contribution in [2.75, 3.05) is 0 Å². The predicted octanol–water partition coefficient (Wildman–Crippen LogP) is 21.4. The van der Waals surface area contributed by atoms with E-state index in [0.717, 1.165) is 0 Å². The predicted molar refractivity (Wildman–Crippen MR) is 455 cm³/mol. The summed E-state index contributed by atoms with van der Waals surface area (Å²) < 4.78 is 12.0. The van der Waals surface area contributed by atoms with Crippen molar-refractivity contribution in [2.24, 2.45) is 0 Å². The van der Waals surface area contributed by atoms with Crippen molar-refractivity contribution >= 4 is 158 Å². The summed E-state index contributed by atoms with van der Waals surface area (Å²) in [6.45, 7) is 118. The van der Waals surface area contributed by atoms with Gasteiger partial charge in [-0.15, -0.1) is 0 Å². The van der Waals surface area contributed by atoms with E-state index in [9.17, 15) is 0 Å². The first-order chi connectivity index (χ1) is 38.6. The Hall–Kier alpha value is 1.00. The number of fused-ring (bicyclic) bond motifs is 2. The van der Waals surface area contributed by atoms with Crippen LogP contribution in [0.1, 0.15) is 54.0 Å². The molecular weight excluding hydrogens is 1400 g/mol. The Balaban J connectivity index is 2.54. The number of hydrogen-bond acceptors (Lipinski definition) is 0. The summed E-state index contributed by atoms with van der Waals surface area (Å²) in [7, 11) is -26.3. The molecule has 0 aromatic heterocycles. The first kappa shape index (κ1) is 79.7. The summed E-state index contributed by atoms with van der Waals surface area (Å²) >= 11 is -5.42. The fraction of sp³-hybridized carbons (Fsp3) is 0.667. The molecule has 494 valence electrons. The Morgan fingerprint density at radius 2 is 0.398 bits per heavy atom. The maximum absolute atomic E-state index is 3.15. The molecule has 0 atom stereocenters. The summed E-state index contributed by atoms with van der Waals surface area (Å²) in [6, 6.07) is 34.2. The molecule has 1 aliphatic rings. The molecule has 0 radical (unpaired) electrons. The molecule has 4 aromatic rings. The van der Waals surface area contributed by atoms with Gasteiger partial charge in [0.05, 0.1) is 0 Å². The van der Waals surface area contributed by atoms with Crippen LogP contribution < -0.4 is 17.6 Å². The van der Waals surface area contributed by atoms with Crippen LogP contribution in [0.15, 0.2) is 72.8 Å². The Morgan fingerprint density at radius 3 is 0.545 bits per heavy atom. The van der Waals surface area contributed by atoms with Gasteiger partial charge < -0.3 is 0 Å². The van der Waals surface area contributed by atoms with Gasteiger partial charge in [0.2, 0.25) is 0 Å². The Labute approximate surface area is 570 Å². The van der Waals surface area contributed by atoms with Gasteiger partial charge in [0.25, 0.3) is 0 Å². The zero-order valence-electron chi connectivity index (χ0n) is 66.2. The SMILES string of the molecule is C[Si](C)(C)C(c1cc(C([Si](C)(C)C)([Si](C)(C)C)[Si](C)(C)C)cc(C([Si](C)(C)C)[Si](C)(C)C)[c]1[Ge]1=[c]2cccc[c]2=[Ge]([c]2c(C([Si](C)(C)C)[Si](C)(C)C)cc(C([Si](C)(C)C)([Si](C)(C)C)[Si](C)(C)C)cc2C([Si](C)(C)C)[Si](C)(C)C)[c]2cccc[c]21)[Si](C)(C)C. The van der Waals surface area contributed by atoms with E-state index in [4.69, 9.17) is 0 Å². The van der Waals surface area contributed by atoms with E-state index in [1.54, 1.807) is 0 Å². The van der Waals surface area contributed by atoms with Crippen molar-refractivity contribution in [3.05, 3.63) is 114 Å². The molecule has 5 rings (SSSR count). The van der Waals surface area contributed by atoms with Gasteiger partial charge in [-0.25, -0.2) is 0 Å². The van der Waals surface area contributed by atoms with Crippen molar-refractivity contribution in [3.8, 4) is 0 Å². The summed E-state index contributed by atoms with van der Waals surface area (Å²) in [4.78, 5) is 0. The van der Waals surface area contributed by atoms with E-state index in [2.05, 4.69) is 348 Å². The Bertz CT molecular complexity index is 2890. The van der Waals surface area contributed by atoms with Crippen LogP contribution >= 0.6 is 0 Å². The molecule has 0 amide bonds. The van der Waals surface area contributed by atoms with Crippen LogP contribution in [0.3, 0.4) is 0 Å². The molecule has 1 aliphatic heterocycles. The molecule has 1 heterocycles. The van der Waals surface area contributed by atoms with Crippen molar-refractivity contribution < 1.29 is 0 Å². The molecule has 0 saturated heterocycles. The summed E-state index contributed by atoms with van der Waals surface area (Å²) in [5, 5.41) is 2.59. The first-order valence-corrected chi connectivity index (χ1v) is 90.8. The molecular formula is C72H142Ge2Si14. The maximum atomic E-state index is 3.15. The fourth-order valence-electron chi connectivity index (χ4n) is 24.2. The number of hydrogen-bond donors (Lipinski definition) is 0. The number of benzene rings is 4. The van der Waals surface area contributed by atoms with Gasteiger partial charge in [-0.1, -0.05) is 0 Å². The molecule has 0 aliphatic carbocycles. The van der Waals surface area contributed by atoms with E-state index >= 15 is 0 Å². The Kier molecular flexibility index (Phi) is 22.7. The van der Waals surface area contributed by atoms with Crippen molar-refractivity contribution in [2.45, 2.75) is 304 Å². The van der Waals surface area contributed by atoms with Crippen molar-refractivity contribution in [1.82, 2.24) is 0 Å². The number of rotatable bonds is 22. The molecule has 0 N–H and O–H groups in total. The van der Waals surface area contributed by atoms with Crippen LogP contribution in [0.25, 0.3) is 0 Å². The van der Waals surface area contributed by atoms with Crippen LogP contribution in [-0.2, 0) is 8.57 Å². The minimum atomic E-state index is -2.71. The standard InChI is InChI=1S/C72H142Ge2Si14/c1-75(2,3)67(76(4,5)6)57-51-55(71(83(25,26)27,84(28,29)30)85(31,32)33)52-58(68(77(7,8)9)78(10,11)12)65(57)73-61-47-43-45-49-63(61)74(64-50-46-44-48-62(64)73)66-59(69(79(13,14)15)80(16,17)18)53-56(54-60(66)70(81(19,20)21)82(22,23)24)72(86(34,35)36,87(37,38)39)88(40,41)42/h43-54,67-70H,1-42H3. The molecule has 0 nitrogen and oxygen atoms in total. The molecule has 0 saturated carbocycles. The molecule has 0 fully saturated rings. The molecule has 0 bridgehead atoms. The van der Waals surface area contributed by atoms with Crippen molar-refractivity contribution in [3.63, 3.8) is 0 Å². The van der Waals surface area contributed by atoms with Gasteiger partial charge in [0.15, 0.2) is 0 Å². The van der Waals surface area contributed by atoms with Gasteiger partial charge in [-0.3, -0.25) is 0 Å². The van der Waals surface area contributed by atoms with Crippen LogP contribution in [0.4, 0.5) is 0 Å². The third-order valence-corrected chi connectivity index (χ3v) is 116. The van der Waals surface area contributed by atoms with E-state index in [0.29, 0.717) is 20.7 Å². The Morgan fingerprint density at radius 1 is 0.239 bits per heavy atom. The third kappa shape index (κ3) is 14.7. The van der Waals surface area contributed by atoms with E-state index in [1.807, 2.05) is 59.0 Å². The van der Waals surface area contributed by atoms with Gasteiger partial charge in [-0.05, 0) is 0 Å². The summed E-state index contributed by atoms with van der Waals surface area (Å²) in [5.74, 6) is 0. The normalized spacial score (nSPS) is 15.8. The van der Waals surface area contributed by atoms with E-state index in [1.165, 1.54) is 0 Å². The van der Waals surface area contributed by atoms with E-state index < -0.39 is 141 Å². The van der Waals surface area contributed by atoms with Gasteiger partial charge in [-0.2, -0.15) is 0 Å². The van der Waals surface area contributed by atoms with Crippen LogP contribution in [-0.4, -0.2) is 141 Å². The summed E-state index contributed by atoms with van der Waals surface area (Å²) in [6.07, 6.45) is 0. The quantitative estimate of drug-likeness (QED) is 0.0606. The van der Waals surface area contributed by atoms with Crippen LogP contribution in [0.5, 0.6) is 0 Å².